The molecule has 0 radical (unpaired) electrons. The van der Waals surface area contributed by atoms with Gasteiger partial charge in [-0.3, -0.25) is 9.59 Å². The fraction of sp³-hybridized carbons (Fsp3) is 0.700. The molecule has 3 nitrogen and oxygen atoms in total. The zero-order valence-electron chi connectivity index (χ0n) is 14.2. The van der Waals surface area contributed by atoms with Crippen LogP contribution in [-0.2, 0) is 9.59 Å². The van der Waals surface area contributed by atoms with E-state index in [1.165, 1.54) is 30.6 Å². The SMILES string of the molecule is O=C(NC(c1cccs1)C1CCCC1)C1CC2CCCC(C1)C2=O. The summed E-state index contributed by atoms with van der Waals surface area (Å²) in [5.74, 6) is 1.57. The molecule has 1 N–H and O–H groups in total. The lowest BCUT2D eigenvalue weighted by atomic mass is 9.67. The van der Waals surface area contributed by atoms with Crippen LogP contribution < -0.4 is 5.32 Å². The molecule has 2 bridgehead atoms. The van der Waals surface area contributed by atoms with E-state index < -0.39 is 0 Å². The molecule has 4 rings (SSSR count). The zero-order chi connectivity index (χ0) is 16.5. The number of amides is 1. The number of thiophene rings is 1. The molecule has 1 amide bonds. The molecule has 1 aromatic heterocycles. The first-order chi connectivity index (χ1) is 11.7. The quantitative estimate of drug-likeness (QED) is 0.874. The maximum Gasteiger partial charge on any atom is 0.223 e. The summed E-state index contributed by atoms with van der Waals surface area (Å²) in [6.07, 6.45) is 9.72. The third-order valence-corrected chi connectivity index (χ3v) is 7.39. The van der Waals surface area contributed by atoms with E-state index in [0.29, 0.717) is 11.7 Å². The minimum Gasteiger partial charge on any atom is -0.348 e. The topological polar surface area (TPSA) is 46.2 Å². The minimum absolute atomic E-state index is 0.0434. The van der Waals surface area contributed by atoms with Crippen LogP contribution in [0.2, 0.25) is 0 Å². The molecule has 1 heterocycles. The second kappa shape index (κ2) is 6.99. The third kappa shape index (κ3) is 3.17. The number of rotatable bonds is 4. The van der Waals surface area contributed by atoms with Gasteiger partial charge in [0.15, 0.2) is 0 Å². The van der Waals surface area contributed by atoms with Gasteiger partial charge in [-0.25, -0.2) is 0 Å². The Kier molecular flexibility index (Phi) is 4.75. The van der Waals surface area contributed by atoms with Gasteiger partial charge in [-0.1, -0.05) is 25.3 Å². The lowest BCUT2D eigenvalue weighted by molar-refractivity contribution is -0.138. The number of hydrogen-bond donors (Lipinski definition) is 1. The van der Waals surface area contributed by atoms with Gasteiger partial charge in [0.1, 0.15) is 5.78 Å². The van der Waals surface area contributed by atoms with Crippen LogP contribution in [0, 0.1) is 23.7 Å². The minimum atomic E-state index is 0.0434. The molecule has 0 spiro atoms. The van der Waals surface area contributed by atoms with E-state index in [4.69, 9.17) is 0 Å². The van der Waals surface area contributed by atoms with Crippen molar-refractivity contribution in [3.8, 4) is 0 Å². The number of fused-ring (bicyclic) bond motifs is 2. The van der Waals surface area contributed by atoms with E-state index >= 15 is 0 Å². The van der Waals surface area contributed by atoms with Gasteiger partial charge in [0.25, 0.3) is 0 Å². The maximum absolute atomic E-state index is 13.0. The fourth-order valence-corrected chi connectivity index (χ4v) is 6.01. The molecule has 1 aromatic rings. The third-order valence-electron chi connectivity index (χ3n) is 6.44. The standard InChI is InChI=1S/C20H27NO2S/c22-19-14-7-3-8-15(19)12-16(11-14)20(23)21-18(13-5-1-2-6-13)17-9-4-10-24-17/h4,9-10,13-16,18H,1-3,5-8,11-12H2,(H,21,23). The highest BCUT2D eigenvalue weighted by Crippen LogP contribution is 2.41. The molecular formula is C20H27NO2S. The van der Waals surface area contributed by atoms with E-state index in [1.54, 1.807) is 11.3 Å². The monoisotopic (exact) mass is 345 g/mol. The molecule has 3 aliphatic rings. The van der Waals surface area contributed by atoms with Crippen LogP contribution in [0.5, 0.6) is 0 Å². The van der Waals surface area contributed by atoms with Gasteiger partial charge in [-0.2, -0.15) is 0 Å². The van der Waals surface area contributed by atoms with Gasteiger partial charge in [0, 0.05) is 22.6 Å². The van der Waals surface area contributed by atoms with E-state index in [0.717, 1.165) is 32.1 Å². The predicted octanol–water partition coefficient (Wildman–Crippen LogP) is 4.49. The Morgan fingerprint density at radius 3 is 2.42 bits per heavy atom. The number of Topliss-reactive ketones (excluding diaryl/α,β-unsaturated/α-hetero) is 1. The maximum atomic E-state index is 13.0. The van der Waals surface area contributed by atoms with Crippen molar-refractivity contribution in [2.24, 2.45) is 23.7 Å². The average molecular weight is 346 g/mol. The Balaban J connectivity index is 1.46. The van der Waals surface area contributed by atoms with Crippen molar-refractivity contribution in [3.05, 3.63) is 22.4 Å². The molecule has 4 heteroatoms. The van der Waals surface area contributed by atoms with Crippen LogP contribution in [0.25, 0.3) is 0 Å². The van der Waals surface area contributed by atoms with E-state index in [9.17, 15) is 9.59 Å². The smallest absolute Gasteiger partial charge is 0.223 e. The fourth-order valence-electron chi connectivity index (χ4n) is 5.15. The van der Waals surface area contributed by atoms with Crippen LogP contribution in [0.15, 0.2) is 17.5 Å². The molecule has 3 fully saturated rings. The van der Waals surface area contributed by atoms with E-state index in [2.05, 4.69) is 22.8 Å². The number of ketones is 1. The van der Waals surface area contributed by atoms with Crippen molar-refractivity contribution in [2.75, 3.05) is 0 Å². The number of carbonyl (C=O) groups is 2. The molecule has 0 saturated heterocycles. The van der Waals surface area contributed by atoms with E-state index in [1.807, 2.05) is 0 Å². The van der Waals surface area contributed by atoms with E-state index in [-0.39, 0.29) is 29.7 Å². The second-order valence-corrected chi connectivity index (χ2v) is 8.92. The second-order valence-electron chi connectivity index (χ2n) is 7.94. The molecule has 24 heavy (non-hydrogen) atoms. The first-order valence-electron chi connectivity index (χ1n) is 9.60. The summed E-state index contributed by atoms with van der Waals surface area (Å²) in [6, 6.07) is 4.42. The van der Waals surface area contributed by atoms with Crippen LogP contribution >= 0.6 is 11.3 Å². The van der Waals surface area contributed by atoms with Crippen LogP contribution in [-0.4, -0.2) is 11.7 Å². The van der Waals surface area contributed by atoms with Crippen molar-refractivity contribution in [2.45, 2.75) is 63.8 Å². The number of nitrogens with one attached hydrogen (secondary N) is 1. The molecule has 3 unspecified atom stereocenters. The summed E-state index contributed by atoms with van der Waals surface area (Å²) >= 11 is 1.75. The molecule has 3 aliphatic carbocycles. The Morgan fingerprint density at radius 2 is 1.79 bits per heavy atom. The summed E-state index contributed by atoms with van der Waals surface area (Å²) in [5.41, 5.74) is 0. The lowest BCUT2D eigenvalue weighted by Gasteiger charge is -2.37. The first kappa shape index (κ1) is 16.3. The Morgan fingerprint density at radius 1 is 1.08 bits per heavy atom. The van der Waals surface area contributed by atoms with Crippen molar-refractivity contribution in [3.63, 3.8) is 0 Å². The van der Waals surface area contributed by atoms with Crippen molar-refractivity contribution < 1.29 is 9.59 Å². The summed E-state index contributed by atoms with van der Waals surface area (Å²) in [7, 11) is 0. The van der Waals surface area contributed by atoms with Crippen LogP contribution in [0.3, 0.4) is 0 Å². The molecule has 130 valence electrons. The lowest BCUT2D eigenvalue weighted by Crippen LogP contribution is -2.44. The van der Waals surface area contributed by atoms with Crippen molar-refractivity contribution in [1.29, 1.82) is 0 Å². The summed E-state index contributed by atoms with van der Waals surface area (Å²) in [5, 5.41) is 5.50. The normalized spacial score (nSPS) is 31.8. The summed E-state index contributed by atoms with van der Waals surface area (Å²) in [6.45, 7) is 0. The van der Waals surface area contributed by atoms with Gasteiger partial charge in [-0.15, -0.1) is 11.3 Å². The van der Waals surface area contributed by atoms with Crippen LogP contribution in [0.1, 0.15) is 68.7 Å². The average Bonchev–Trinajstić information content (AvgIpc) is 3.26. The molecule has 0 aromatic carbocycles. The number of hydrogen-bond acceptors (Lipinski definition) is 3. The largest absolute Gasteiger partial charge is 0.348 e. The van der Waals surface area contributed by atoms with Gasteiger partial charge >= 0.3 is 0 Å². The summed E-state index contributed by atoms with van der Waals surface area (Å²) < 4.78 is 0. The van der Waals surface area contributed by atoms with Gasteiger partial charge in [0.2, 0.25) is 5.91 Å². The highest BCUT2D eigenvalue weighted by molar-refractivity contribution is 7.10. The molecular weight excluding hydrogens is 318 g/mol. The van der Waals surface area contributed by atoms with Crippen molar-refractivity contribution in [1.82, 2.24) is 5.32 Å². The Hall–Kier alpha value is -1.16. The molecule has 3 atom stereocenters. The van der Waals surface area contributed by atoms with Gasteiger partial charge < -0.3 is 5.32 Å². The molecule has 0 aliphatic heterocycles. The highest BCUT2D eigenvalue weighted by Gasteiger charge is 2.42. The predicted molar refractivity (Wildman–Crippen MR) is 95.7 cm³/mol. The van der Waals surface area contributed by atoms with Crippen LogP contribution in [0.4, 0.5) is 0 Å². The summed E-state index contributed by atoms with van der Waals surface area (Å²) in [4.78, 5) is 26.5. The highest BCUT2D eigenvalue weighted by atomic mass is 32.1. The first-order valence-corrected chi connectivity index (χ1v) is 10.5. The van der Waals surface area contributed by atoms with Gasteiger partial charge in [-0.05, 0) is 55.9 Å². The zero-order valence-corrected chi connectivity index (χ0v) is 15.0. The Bertz CT molecular complexity index is 575. The Labute approximate surface area is 148 Å². The number of carbonyl (C=O) groups excluding carboxylic acids is 2. The van der Waals surface area contributed by atoms with Crippen molar-refractivity contribution >= 4 is 23.0 Å². The van der Waals surface area contributed by atoms with Gasteiger partial charge in [0.05, 0.1) is 6.04 Å². The molecule has 3 saturated carbocycles.